The fourth-order valence-electron chi connectivity index (χ4n) is 1.60. The largest absolute Gasteiger partial charge is 0.480 e. The molecule has 0 aromatic carbocycles. The summed E-state index contributed by atoms with van der Waals surface area (Å²) in [5.74, 6) is 0.140. The van der Waals surface area contributed by atoms with E-state index in [0.29, 0.717) is 23.0 Å². The summed E-state index contributed by atoms with van der Waals surface area (Å²) in [5, 5.41) is 0. The highest BCUT2D eigenvalue weighted by atomic mass is 32.1. The number of hydrogen-bond acceptors (Lipinski definition) is 4. The van der Waals surface area contributed by atoms with Crippen LogP contribution in [-0.4, -0.2) is 41.0 Å². The van der Waals surface area contributed by atoms with Crippen molar-refractivity contribution in [3.05, 3.63) is 23.9 Å². The van der Waals surface area contributed by atoms with Crippen molar-refractivity contribution in [1.29, 1.82) is 0 Å². The Balaban J connectivity index is 2.97. The molecule has 0 spiro atoms. The van der Waals surface area contributed by atoms with Crippen LogP contribution in [0.5, 0.6) is 5.88 Å². The van der Waals surface area contributed by atoms with Crippen molar-refractivity contribution in [2.75, 3.05) is 20.2 Å². The van der Waals surface area contributed by atoms with E-state index in [2.05, 4.69) is 4.98 Å². The van der Waals surface area contributed by atoms with Gasteiger partial charge < -0.3 is 15.4 Å². The SMILES string of the molecule is CCCN(CC(N)=S)C(=O)c1cccnc1OC. The van der Waals surface area contributed by atoms with Gasteiger partial charge in [-0.25, -0.2) is 4.98 Å². The van der Waals surface area contributed by atoms with Crippen molar-refractivity contribution in [2.45, 2.75) is 13.3 Å². The van der Waals surface area contributed by atoms with Gasteiger partial charge in [0.2, 0.25) is 5.88 Å². The van der Waals surface area contributed by atoms with E-state index in [-0.39, 0.29) is 12.5 Å². The first kappa shape index (κ1) is 14.4. The molecular formula is C12H17N3O2S. The summed E-state index contributed by atoms with van der Waals surface area (Å²) < 4.78 is 5.08. The number of ether oxygens (including phenoxy) is 1. The van der Waals surface area contributed by atoms with Crippen LogP contribution in [0.4, 0.5) is 0 Å². The number of hydrogen-bond donors (Lipinski definition) is 1. The van der Waals surface area contributed by atoms with Gasteiger partial charge in [0.1, 0.15) is 5.56 Å². The third kappa shape index (κ3) is 3.66. The maximum Gasteiger partial charge on any atom is 0.259 e. The Bertz CT molecular complexity index is 437. The second-order valence-electron chi connectivity index (χ2n) is 3.75. The van der Waals surface area contributed by atoms with Crippen LogP contribution in [0, 0.1) is 0 Å². The molecule has 18 heavy (non-hydrogen) atoms. The Labute approximate surface area is 112 Å². The van der Waals surface area contributed by atoms with Gasteiger partial charge in [-0.1, -0.05) is 19.1 Å². The molecule has 1 amide bonds. The molecular weight excluding hydrogens is 250 g/mol. The van der Waals surface area contributed by atoms with Crippen molar-refractivity contribution in [2.24, 2.45) is 5.73 Å². The molecule has 1 aromatic rings. The maximum atomic E-state index is 12.3. The summed E-state index contributed by atoms with van der Waals surface area (Å²) in [6, 6.07) is 3.37. The van der Waals surface area contributed by atoms with Gasteiger partial charge in [0.25, 0.3) is 5.91 Å². The topological polar surface area (TPSA) is 68.5 Å². The van der Waals surface area contributed by atoms with Crippen LogP contribution in [0.2, 0.25) is 0 Å². The molecule has 0 saturated carbocycles. The number of thiocarbonyl (C=S) groups is 1. The van der Waals surface area contributed by atoms with Crippen molar-refractivity contribution in [3.8, 4) is 5.88 Å². The highest BCUT2D eigenvalue weighted by Gasteiger charge is 2.19. The van der Waals surface area contributed by atoms with E-state index >= 15 is 0 Å². The monoisotopic (exact) mass is 267 g/mol. The van der Waals surface area contributed by atoms with Crippen molar-refractivity contribution >= 4 is 23.1 Å². The van der Waals surface area contributed by atoms with Crippen LogP contribution in [0.25, 0.3) is 0 Å². The van der Waals surface area contributed by atoms with E-state index in [0.717, 1.165) is 6.42 Å². The lowest BCUT2D eigenvalue weighted by Crippen LogP contribution is -2.38. The van der Waals surface area contributed by atoms with E-state index < -0.39 is 0 Å². The minimum absolute atomic E-state index is 0.172. The number of carbonyl (C=O) groups excluding carboxylic acids is 1. The Morgan fingerprint density at radius 1 is 1.61 bits per heavy atom. The lowest BCUT2D eigenvalue weighted by atomic mass is 10.2. The molecule has 0 aliphatic rings. The van der Waals surface area contributed by atoms with Crippen LogP contribution in [0.3, 0.4) is 0 Å². The van der Waals surface area contributed by atoms with E-state index in [9.17, 15) is 4.79 Å². The fourth-order valence-corrected chi connectivity index (χ4v) is 1.75. The minimum atomic E-state index is -0.172. The molecule has 1 rings (SSSR count). The average molecular weight is 267 g/mol. The average Bonchev–Trinajstić information content (AvgIpc) is 2.37. The molecule has 6 heteroatoms. The number of nitrogens with two attached hydrogens (primary N) is 1. The standard InChI is InChI=1S/C12H17N3O2S/c1-3-7-15(8-10(13)18)12(16)9-5-4-6-14-11(9)17-2/h4-6H,3,7-8H2,1-2H3,(H2,13,18). The molecule has 2 N–H and O–H groups in total. The minimum Gasteiger partial charge on any atom is -0.480 e. The summed E-state index contributed by atoms with van der Waals surface area (Å²) >= 11 is 4.85. The number of carbonyl (C=O) groups is 1. The van der Waals surface area contributed by atoms with Crippen molar-refractivity contribution in [3.63, 3.8) is 0 Å². The number of rotatable bonds is 6. The fraction of sp³-hybridized carbons (Fsp3) is 0.417. The highest BCUT2D eigenvalue weighted by molar-refractivity contribution is 7.80. The van der Waals surface area contributed by atoms with Gasteiger partial charge in [0.15, 0.2) is 0 Å². The van der Waals surface area contributed by atoms with Gasteiger partial charge in [-0.05, 0) is 18.6 Å². The second kappa shape index (κ2) is 6.90. The van der Waals surface area contributed by atoms with Gasteiger partial charge in [-0.2, -0.15) is 0 Å². The van der Waals surface area contributed by atoms with Gasteiger partial charge in [0, 0.05) is 12.7 Å². The third-order valence-electron chi connectivity index (χ3n) is 2.32. The van der Waals surface area contributed by atoms with Crippen LogP contribution in [0.15, 0.2) is 18.3 Å². The number of methoxy groups -OCH3 is 1. The predicted octanol–water partition coefficient (Wildman–Crippen LogP) is 1.23. The maximum absolute atomic E-state index is 12.3. The zero-order valence-electron chi connectivity index (χ0n) is 10.5. The van der Waals surface area contributed by atoms with E-state index in [4.69, 9.17) is 22.7 Å². The van der Waals surface area contributed by atoms with Crippen LogP contribution >= 0.6 is 12.2 Å². The summed E-state index contributed by atoms with van der Waals surface area (Å²) in [4.78, 5) is 18.2. The normalized spacial score (nSPS) is 9.89. The summed E-state index contributed by atoms with van der Waals surface area (Å²) in [6.45, 7) is 2.84. The smallest absolute Gasteiger partial charge is 0.259 e. The van der Waals surface area contributed by atoms with E-state index in [1.165, 1.54) is 7.11 Å². The van der Waals surface area contributed by atoms with E-state index in [1.54, 1.807) is 23.2 Å². The molecule has 1 heterocycles. The Morgan fingerprint density at radius 2 is 2.33 bits per heavy atom. The molecule has 0 radical (unpaired) electrons. The van der Waals surface area contributed by atoms with Crippen LogP contribution in [0.1, 0.15) is 23.7 Å². The number of nitrogens with zero attached hydrogens (tertiary/aromatic N) is 2. The molecule has 0 bridgehead atoms. The number of pyridine rings is 1. The van der Waals surface area contributed by atoms with Crippen LogP contribution < -0.4 is 10.5 Å². The molecule has 98 valence electrons. The first-order chi connectivity index (χ1) is 8.60. The molecule has 1 aromatic heterocycles. The molecule has 0 saturated heterocycles. The van der Waals surface area contributed by atoms with Crippen molar-refractivity contribution in [1.82, 2.24) is 9.88 Å². The third-order valence-corrected chi connectivity index (χ3v) is 2.45. The number of amides is 1. The molecule has 0 unspecified atom stereocenters. The van der Waals surface area contributed by atoms with Gasteiger partial charge in [-0.3, -0.25) is 4.79 Å². The van der Waals surface area contributed by atoms with Crippen molar-refractivity contribution < 1.29 is 9.53 Å². The second-order valence-corrected chi connectivity index (χ2v) is 4.28. The molecule has 0 fully saturated rings. The molecule has 0 aliphatic carbocycles. The summed E-state index contributed by atoms with van der Waals surface area (Å²) in [7, 11) is 1.48. The lowest BCUT2D eigenvalue weighted by molar-refractivity contribution is 0.0775. The zero-order chi connectivity index (χ0) is 13.5. The van der Waals surface area contributed by atoms with Crippen LogP contribution in [-0.2, 0) is 0 Å². The first-order valence-electron chi connectivity index (χ1n) is 5.66. The Kier molecular flexibility index (Phi) is 5.51. The predicted molar refractivity (Wildman–Crippen MR) is 73.8 cm³/mol. The molecule has 5 nitrogen and oxygen atoms in total. The van der Waals surface area contributed by atoms with Gasteiger partial charge in [-0.15, -0.1) is 0 Å². The quantitative estimate of drug-likeness (QED) is 0.785. The summed E-state index contributed by atoms with van der Waals surface area (Å²) in [6.07, 6.45) is 2.41. The Morgan fingerprint density at radius 3 is 2.89 bits per heavy atom. The first-order valence-corrected chi connectivity index (χ1v) is 6.07. The van der Waals surface area contributed by atoms with E-state index in [1.807, 2.05) is 6.92 Å². The zero-order valence-corrected chi connectivity index (χ0v) is 11.4. The number of aromatic nitrogens is 1. The lowest BCUT2D eigenvalue weighted by Gasteiger charge is -2.22. The molecule has 0 aliphatic heterocycles. The highest BCUT2D eigenvalue weighted by Crippen LogP contribution is 2.16. The molecule has 0 atom stereocenters. The Hall–Kier alpha value is -1.69. The van der Waals surface area contributed by atoms with Gasteiger partial charge >= 0.3 is 0 Å². The summed E-state index contributed by atoms with van der Waals surface area (Å²) in [5.41, 5.74) is 5.92. The van der Waals surface area contributed by atoms with Gasteiger partial charge in [0.05, 0.1) is 18.6 Å².